The molecule has 0 radical (unpaired) electrons. The smallest absolute Gasteiger partial charge is 0.240 e. The Morgan fingerprint density at radius 3 is 2.90 bits per heavy atom. The first-order chi connectivity index (χ1) is 9.85. The van der Waals surface area contributed by atoms with Crippen molar-refractivity contribution >= 4 is 0 Å². The molecule has 1 aliphatic heterocycles. The minimum atomic E-state index is 0.576. The minimum Gasteiger partial charge on any atom is -0.338 e. The van der Waals surface area contributed by atoms with E-state index in [-0.39, 0.29) is 0 Å². The van der Waals surface area contributed by atoms with Gasteiger partial charge in [0.1, 0.15) is 0 Å². The molecule has 0 amide bonds. The predicted octanol–water partition coefficient (Wildman–Crippen LogP) is 2.30. The van der Waals surface area contributed by atoms with E-state index in [0.717, 1.165) is 44.3 Å². The zero-order valence-corrected chi connectivity index (χ0v) is 12.5. The number of nitrogens with zero attached hydrogens (tertiary/aromatic N) is 3. The first-order valence-electron chi connectivity index (χ1n) is 8.13. The summed E-state index contributed by atoms with van der Waals surface area (Å²) in [5, 5.41) is 7.73. The number of hydrogen-bond donors (Lipinski definition) is 1. The largest absolute Gasteiger partial charge is 0.338 e. The molecule has 0 aromatic carbocycles. The van der Waals surface area contributed by atoms with Crippen LogP contribution >= 0.6 is 0 Å². The molecule has 1 aromatic heterocycles. The van der Waals surface area contributed by atoms with Gasteiger partial charge in [-0.25, -0.2) is 0 Å². The Bertz CT molecular complexity index is 410. The Morgan fingerprint density at radius 2 is 2.20 bits per heavy atom. The molecular formula is C15H26N4O. The monoisotopic (exact) mass is 278 g/mol. The van der Waals surface area contributed by atoms with Gasteiger partial charge in [0.05, 0.1) is 6.54 Å². The summed E-state index contributed by atoms with van der Waals surface area (Å²) in [6.07, 6.45) is 7.57. The van der Waals surface area contributed by atoms with Crippen LogP contribution in [0, 0.1) is 0 Å². The van der Waals surface area contributed by atoms with Crippen LogP contribution in [0.3, 0.4) is 0 Å². The molecule has 1 atom stereocenters. The van der Waals surface area contributed by atoms with Crippen LogP contribution in [-0.2, 0) is 6.54 Å². The van der Waals surface area contributed by atoms with Crippen molar-refractivity contribution in [1.82, 2.24) is 20.4 Å². The maximum Gasteiger partial charge on any atom is 0.240 e. The summed E-state index contributed by atoms with van der Waals surface area (Å²) < 4.78 is 5.41. The number of hydrogen-bond acceptors (Lipinski definition) is 5. The molecule has 0 spiro atoms. The molecule has 1 saturated heterocycles. The molecule has 5 heteroatoms. The van der Waals surface area contributed by atoms with Crippen molar-refractivity contribution in [2.45, 2.75) is 64.0 Å². The van der Waals surface area contributed by atoms with Gasteiger partial charge < -0.3 is 9.84 Å². The zero-order chi connectivity index (χ0) is 13.8. The minimum absolute atomic E-state index is 0.576. The van der Waals surface area contributed by atoms with Crippen LogP contribution in [0.4, 0.5) is 0 Å². The average Bonchev–Trinajstić information content (AvgIpc) is 3.21. The highest BCUT2D eigenvalue weighted by molar-refractivity contribution is 5.03. The quantitative estimate of drug-likeness (QED) is 0.829. The molecule has 2 fully saturated rings. The summed E-state index contributed by atoms with van der Waals surface area (Å²) >= 11 is 0. The third kappa shape index (κ3) is 3.79. The molecule has 0 bridgehead atoms. The standard InChI is InChI=1S/C15H26N4O/c1-2-9-19(10-13-5-3-4-8-16-13)11-14-17-15(18-20-14)12-6-7-12/h12-13,16H,2-11H2,1H3. The zero-order valence-electron chi connectivity index (χ0n) is 12.5. The lowest BCUT2D eigenvalue weighted by Gasteiger charge is -2.29. The second-order valence-electron chi connectivity index (χ2n) is 6.20. The highest BCUT2D eigenvalue weighted by Gasteiger charge is 2.29. The van der Waals surface area contributed by atoms with Gasteiger partial charge in [0, 0.05) is 18.5 Å². The van der Waals surface area contributed by atoms with Crippen molar-refractivity contribution < 1.29 is 4.52 Å². The van der Waals surface area contributed by atoms with Crippen molar-refractivity contribution in [1.29, 1.82) is 0 Å². The van der Waals surface area contributed by atoms with E-state index in [1.54, 1.807) is 0 Å². The first-order valence-corrected chi connectivity index (χ1v) is 8.13. The van der Waals surface area contributed by atoms with E-state index >= 15 is 0 Å². The van der Waals surface area contributed by atoms with Crippen LogP contribution in [0.5, 0.6) is 0 Å². The van der Waals surface area contributed by atoms with E-state index in [0.29, 0.717) is 12.0 Å². The SMILES string of the molecule is CCCN(Cc1nc(C2CC2)no1)CC1CCCCN1. The molecule has 1 aromatic rings. The lowest BCUT2D eigenvalue weighted by atomic mass is 10.0. The summed E-state index contributed by atoms with van der Waals surface area (Å²) in [5.74, 6) is 2.29. The second-order valence-corrected chi connectivity index (χ2v) is 6.20. The summed E-state index contributed by atoms with van der Waals surface area (Å²) in [6.45, 7) is 6.38. The van der Waals surface area contributed by atoms with Crippen molar-refractivity contribution in [3.8, 4) is 0 Å². The lowest BCUT2D eigenvalue weighted by molar-refractivity contribution is 0.193. The third-order valence-electron chi connectivity index (χ3n) is 4.22. The van der Waals surface area contributed by atoms with Gasteiger partial charge in [0.2, 0.25) is 5.89 Å². The van der Waals surface area contributed by atoms with E-state index in [1.807, 2.05) is 0 Å². The Labute approximate surface area is 121 Å². The highest BCUT2D eigenvalue weighted by atomic mass is 16.5. The fraction of sp³-hybridized carbons (Fsp3) is 0.867. The van der Waals surface area contributed by atoms with E-state index in [4.69, 9.17) is 4.52 Å². The summed E-state index contributed by atoms with van der Waals surface area (Å²) in [4.78, 5) is 7.00. The molecule has 3 rings (SSSR count). The molecule has 1 N–H and O–H groups in total. The maximum absolute atomic E-state index is 5.41. The molecule has 1 unspecified atom stereocenters. The van der Waals surface area contributed by atoms with Crippen LogP contribution in [0.2, 0.25) is 0 Å². The summed E-state index contributed by atoms with van der Waals surface area (Å²) in [5.41, 5.74) is 0. The molecular weight excluding hydrogens is 252 g/mol. The van der Waals surface area contributed by atoms with Crippen molar-refractivity contribution in [3.05, 3.63) is 11.7 Å². The number of rotatable bonds is 7. The van der Waals surface area contributed by atoms with E-state index in [9.17, 15) is 0 Å². The van der Waals surface area contributed by atoms with Crippen LogP contribution in [0.25, 0.3) is 0 Å². The first kappa shape index (κ1) is 14.0. The Kier molecular flexibility index (Phi) is 4.68. The third-order valence-corrected chi connectivity index (χ3v) is 4.22. The Hall–Kier alpha value is -0.940. The van der Waals surface area contributed by atoms with E-state index in [1.165, 1.54) is 32.1 Å². The van der Waals surface area contributed by atoms with Crippen LogP contribution < -0.4 is 5.32 Å². The second kappa shape index (κ2) is 6.68. The van der Waals surface area contributed by atoms with Crippen molar-refractivity contribution in [2.24, 2.45) is 0 Å². The van der Waals surface area contributed by atoms with Gasteiger partial charge >= 0.3 is 0 Å². The van der Waals surface area contributed by atoms with Gasteiger partial charge in [-0.2, -0.15) is 4.98 Å². The van der Waals surface area contributed by atoms with Crippen molar-refractivity contribution in [2.75, 3.05) is 19.6 Å². The van der Waals surface area contributed by atoms with E-state index in [2.05, 4.69) is 27.3 Å². The van der Waals surface area contributed by atoms with Gasteiger partial charge in [-0.05, 0) is 45.2 Å². The molecule has 1 aliphatic carbocycles. The van der Waals surface area contributed by atoms with E-state index < -0.39 is 0 Å². The molecule has 112 valence electrons. The average molecular weight is 278 g/mol. The highest BCUT2D eigenvalue weighted by Crippen LogP contribution is 2.38. The van der Waals surface area contributed by atoms with Gasteiger partial charge in [0.15, 0.2) is 5.82 Å². The molecule has 20 heavy (non-hydrogen) atoms. The van der Waals surface area contributed by atoms with Gasteiger partial charge in [0.25, 0.3) is 0 Å². The fourth-order valence-electron chi connectivity index (χ4n) is 2.97. The molecule has 2 heterocycles. The normalized spacial score (nSPS) is 23.4. The number of nitrogens with one attached hydrogen (secondary N) is 1. The van der Waals surface area contributed by atoms with Gasteiger partial charge in [-0.3, -0.25) is 4.90 Å². The molecule has 2 aliphatic rings. The molecule has 1 saturated carbocycles. The topological polar surface area (TPSA) is 54.2 Å². The Morgan fingerprint density at radius 1 is 1.30 bits per heavy atom. The van der Waals surface area contributed by atoms with Gasteiger partial charge in [-0.15, -0.1) is 0 Å². The van der Waals surface area contributed by atoms with Crippen LogP contribution in [0.1, 0.15) is 63.1 Å². The fourth-order valence-corrected chi connectivity index (χ4v) is 2.97. The van der Waals surface area contributed by atoms with Crippen LogP contribution in [-0.4, -0.2) is 40.7 Å². The summed E-state index contributed by atoms with van der Waals surface area (Å²) in [7, 11) is 0. The van der Waals surface area contributed by atoms with Crippen molar-refractivity contribution in [3.63, 3.8) is 0 Å². The Balaban J connectivity index is 1.54. The lowest BCUT2D eigenvalue weighted by Crippen LogP contribution is -2.43. The van der Waals surface area contributed by atoms with Crippen LogP contribution in [0.15, 0.2) is 4.52 Å². The maximum atomic E-state index is 5.41. The number of aromatic nitrogens is 2. The molecule has 5 nitrogen and oxygen atoms in total. The predicted molar refractivity (Wildman–Crippen MR) is 77.5 cm³/mol. The van der Waals surface area contributed by atoms with Gasteiger partial charge in [-0.1, -0.05) is 18.5 Å². The number of piperidine rings is 1. The summed E-state index contributed by atoms with van der Waals surface area (Å²) in [6, 6.07) is 0.626.